The van der Waals surface area contributed by atoms with Crippen LogP contribution in [0.3, 0.4) is 0 Å². The summed E-state index contributed by atoms with van der Waals surface area (Å²) in [4.78, 5) is 15.7. The van der Waals surface area contributed by atoms with E-state index >= 15 is 0 Å². The molecular formula is C10H13ClN4O2. The average molecular weight is 257 g/mol. The Bertz CT molecular complexity index is 419. The Kier molecular flexibility index (Phi) is 4.71. The van der Waals surface area contributed by atoms with E-state index in [1.807, 2.05) is 6.92 Å². The van der Waals surface area contributed by atoms with E-state index in [0.717, 1.165) is 11.9 Å². The molecule has 6 nitrogen and oxygen atoms in total. The van der Waals surface area contributed by atoms with Gasteiger partial charge in [-0.15, -0.1) is 0 Å². The van der Waals surface area contributed by atoms with E-state index in [1.165, 1.54) is 0 Å². The van der Waals surface area contributed by atoms with E-state index in [0.29, 0.717) is 17.5 Å². The zero-order valence-electron chi connectivity index (χ0n) is 9.55. The molecule has 1 N–H and O–H groups in total. The van der Waals surface area contributed by atoms with Crippen LogP contribution < -0.4 is 10.2 Å². The van der Waals surface area contributed by atoms with Crippen LogP contribution in [0.15, 0.2) is 30.4 Å². The van der Waals surface area contributed by atoms with Gasteiger partial charge in [0.25, 0.3) is 6.20 Å². The number of anilines is 1. The molecule has 1 aromatic heterocycles. The first-order valence-corrected chi connectivity index (χ1v) is 5.38. The third-order valence-electron chi connectivity index (χ3n) is 2.11. The zero-order chi connectivity index (χ0) is 12.8. The molecule has 0 saturated carbocycles. The summed E-state index contributed by atoms with van der Waals surface area (Å²) < 4.78 is 0. The first-order valence-electron chi connectivity index (χ1n) is 5.00. The first kappa shape index (κ1) is 13.2. The molecule has 0 bridgehead atoms. The van der Waals surface area contributed by atoms with Crippen LogP contribution in [-0.2, 0) is 0 Å². The number of nitrogens with one attached hydrogen (secondary N) is 1. The number of rotatable bonds is 5. The highest BCUT2D eigenvalue weighted by Crippen LogP contribution is 2.18. The summed E-state index contributed by atoms with van der Waals surface area (Å²) in [6.07, 6.45) is 2.48. The summed E-state index contributed by atoms with van der Waals surface area (Å²) in [5.74, 6) is 0.390. The lowest BCUT2D eigenvalue weighted by Gasteiger charge is -2.23. The van der Waals surface area contributed by atoms with Gasteiger partial charge in [-0.2, -0.15) is 0 Å². The van der Waals surface area contributed by atoms with Crippen LogP contribution in [0, 0.1) is 10.1 Å². The van der Waals surface area contributed by atoms with Crippen LogP contribution in [0.1, 0.15) is 6.92 Å². The van der Waals surface area contributed by atoms with Gasteiger partial charge < -0.3 is 10.2 Å². The maximum absolute atomic E-state index is 10.5. The minimum Gasteiger partial charge on any atom is -0.369 e. The number of hydrogen-bond donors (Lipinski definition) is 1. The van der Waals surface area contributed by atoms with Crippen molar-refractivity contribution >= 4 is 17.3 Å². The molecule has 1 rings (SSSR count). The van der Waals surface area contributed by atoms with E-state index in [2.05, 4.69) is 10.3 Å². The van der Waals surface area contributed by atoms with Crippen molar-refractivity contribution < 1.29 is 4.92 Å². The van der Waals surface area contributed by atoms with Gasteiger partial charge in [0.2, 0.25) is 0 Å². The molecule has 0 fully saturated rings. The number of nitrogens with zero attached hydrogens (tertiary/aromatic N) is 3. The molecule has 0 aliphatic heterocycles. The maximum Gasteiger partial charge on any atom is 0.274 e. The molecule has 1 heterocycles. The van der Waals surface area contributed by atoms with E-state index in [9.17, 15) is 10.1 Å². The van der Waals surface area contributed by atoms with Crippen molar-refractivity contribution in [3.8, 4) is 0 Å². The quantitative estimate of drug-likeness (QED) is 0.495. The topological polar surface area (TPSA) is 71.3 Å². The monoisotopic (exact) mass is 256 g/mol. The van der Waals surface area contributed by atoms with Gasteiger partial charge in [0.1, 0.15) is 5.15 Å². The fourth-order valence-corrected chi connectivity index (χ4v) is 1.50. The second-order valence-corrected chi connectivity index (χ2v) is 3.52. The van der Waals surface area contributed by atoms with Gasteiger partial charge in [0.05, 0.1) is 16.8 Å². The van der Waals surface area contributed by atoms with Gasteiger partial charge in [-0.3, -0.25) is 10.1 Å². The summed E-state index contributed by atoms with van der Waals surface area (Å²) in [5, 5.41) is 13.7. The summed E-state index contributed by atoms with van der Waals surface area (Å²) in [7, 11) is 1.63. The van der Waals surface area contributed by atoms with Crippen molar-refractivity contribution in [2.75, 3.05) is 18.5 Å². The zero-order valence-corrected chi connectivity index (χ0v) is 10.3. The summed E-state index contributed by atoms with van der Waals surface area (Å²) >= 11 is 5.69. The van der Waals surface area contributed by atoms with Crippen LogP contribution in [0.2, 0.25) is 5.15 Å². The Morgan fingerprint density at radius 1 is 1.71 bits per heavy atom. The largest absolute Gasteiger partial charge is 0.369 e. The smallest absolute Gasteiger partial charge is 0.274 e. The molecule has 7 heteroatoms. The Hall–Kier alpha value is -1.82. The second-order valence-electron chi connectivity index (χ2n) is 3.13. The maximum atomic E-state index is 10.5. The van der Waals surface area contributed by atoms with Crippen molar-refractivity contribution in [3.63, 3.8) is 0 Å². The van der Waals surface area contributed by atoms with Crippen LogP contribution in [0.5, 0.6) is 0 Å². The molecule has 0 aromatic carbocycles. The average Bonchev–Trinajstić information content (AvgIpc) is 2.30. The predicted octanol–water partition coefficient (Wildman–Crippen LogP) is 1.86. The number of nitro groups is 1. The van der Waals surface area contributed by atoms with E-state index in [4.69, 9.17) is 11.6 Å². The number of pyridine rings is 1. The number of aromatic nitrogens is 1. The predicted molar refractivity (Wildman–Crippen MR) is 66.4 cm³/mol. The van der Waals surface area contributed by atoms with Crippen LogP contribution in [-0.4, -0.2) is 23.5 Å². The number of halogens is 1. The molecule has 0 aliphatic rings. The fraction of sp³-hybridized carbons (Fsp3) is 0.300. The minimum absolute atomic E-state index is 0.383. The van der Waals surface area contributed by atoms with Crippen LogP contribution >= 0.6 is 11.6 Å². The normalized spacial score (nSPS) is 11.1. The molecular weight excluding hydrogens is 244 g/mol. The molecule has 0 unspecified atom stereocenters. The van der Waals surface area contributed by atoms with Gasteiger partial charge in [0, 0.05) is 13.6 Å². The molecule has 1 aromatic rings. The molecule has 0 atom stereocenters. The van der Waals surface area contributed by atoms with E-state index < -0.39 is 4.92 Å². The van der Waals surface area contributed by atoms with E-state index in [1.54, 1.807) is 30.3 Å². The summed E-state index contributed by atoms with van der Waals surface area (Å²) in [6.45, 7) is 2.46. The second kappa shape index (κ2) is 6.05. The third-order valence-corrected chi connectivity index (χ3v) is 2.34. The Morgan fingerprint density at radius 2 is 2.41 bits per heavy atom. The van der Waals surface area contributed by atoms with Crippen LogP contribution in [0.25, 0.3) is 0 Å². The highest BCUT2D eigenvalue weighted by Gasteiger charge is 2.12. The summed E-state index contributed by atoms with van der Waals surface area (Å²) in [5.41, 5.74) is 0.736. The fourth-order valence-electron chi connectivity index (χ4n) is 1.39. The summed E-state index contributed by atoms with van der Waals surface area (Å²) in [6, 6.07) is 3.39. The highest BCUT2D eigenvalue weighted by atomic mass is 35.5. The third kappa shape index (κ3) is 3.60. The van der Waals surface area contributed by atoms with Gasteiger partial charge in [-0.25, -0.2) is 4.98 Å². The van der Waals surface area contributed by atoms with Gasteiger partial charge in [-0.05, 0) is 19.1 Å². The Balaban J connectivity index is 3.05. The van der Waals surface area contributed by atoms with Gasteiger partial charge in [0.15, 0.2) is 5.82 Å². The van der Waals surface area contributed by atoms with Crippen molar-refractivity contribution in [2.24, 2.45) is 0 Å². The SMILES string of the molecule is CCN(/C(=C\[N+](=O)[O-])NC)c1ccc(Cl)nc1. The van der Waals surface area contributed by atoms with Crippen LogP contribution in [0.4, 0.5) is 5.69 Å². The minimum atomic E-state index is -0.502. The Morgan fingerprint density at radius 3 is 2.82 bits per heavy atom. The number of hydrogen-bond acceptors (Lipinski definition) is 5. The van der Waals surface area contributed by atoms with Crippen molar-refractivity contribution in [3.05, 3.63) is 45.6 Å². The molecule has 92 valence electrons. The highest BCUT2D eigenvalue weighted by molar-refractivity contribution is 6.29. The lowest BCUT2D eigenvalue weighted by Crippen LogP contribution is -2.30. The Labute approximate surface area is 104 Å². The molecule has 17 heavy (non-hydrogen) atoms. The lowest BCUT2D eigenvalue weighted by molar-refractivity contribution is -0.403. The molecule has 0 spiro atoms. The molecule has 0 radical (unpaired) electrons. The van der Waals surface area contributed by atoms with Gasteiger partial charge in [-0.1, -0.05) is 11.6 Å². The standard InChI is InChI=1S/C10H13ClN4O2/c1-3-14(10(12-2)7-15(16)17)8-4-5-9(11)13-6-8/h4-7,12H,3H2,1-2H3/b10-7-. The van der Waals surface area contributed by atoms with Crippen molar-refractivity contribution in [1.29, 1.82) is 0 Å². The van der Waals surface area contributed by atoms with Crippen molar-refractivity contribution in [2.45, 2.75) is 6.92 Å². The molecule has 0 amide bonds. The van der Waals surface area contributed by atoms with E-state index in [-0.39, 0.29) is 0 Å². The lowest BCUT2D eigenvalue weighted by atomic mass is 10.3. The van der Waals surface area contributed by atoms with Crippen molar-refractivity contribution in [1.82, 2.24) is 10.3 Å². The van der Waals surface area contributed by atoms with Gasteiger partial charge >= 0.3 is 0 Å². The first-order chi connectivity index (χ1) is 8.08. The molecule has 0 aliphatic carbocycles. The molecule has 0 saturated heterocycles.